The van der Waals surface area contributed by atoms with Crippen LogP contribution in [0.4, 0.5) is 23.7 Å². The quantitative estimate of drug-likeness (QED) is 0.522. The smallest absolute Gasteiger partial charge is 0.322 e. The summed E-state index contributed by atoms with van der Waals surface area (Å²) in [6.45, 7) is 4.27. The van der Waals surface area contributed by atoms with Crippen LogP contribution in [-0.4, -0.2) is 66.9 Å². The molecule has 2 amide bonds. The Bertz CT molecular complexity index is 898. The number of rotatable bonds is 11. The van der Waals surface area contributed by atoms with Gasteiger partial charge in [-0.2, -0.15) is 0 Å². The molecule has 6 nitrogen and oxygen atoms in total. The Balaban J connectivity index is 2.04. The normalized spacial score (nSPS) is 14.1. The highest BCUT2D eigenvalue weighted by atomic mass is 19.1. The number of urea groups is 1. The average Bonchev–Trinajstić information content (AvgIpc) is 2.79. The molecule has 0 aliphatic heterocycles. The number of hydrogen-bond acceptors (Lipinski definition) is 4. The molecule has 9 heteroatoms. The van der Waals surface area contributed by atoms with Crippen LogP contribution in [0.15, 0.2) is 42.5 Å². The minimum Gasteiger partial charge on any atom is -0.394 e. The Kier molecular flexibility index (Phi) is 10.1. The van der Waals surface area contributed by atoms with Crippen LogP contribution in [0.3, 0.4) is 0 Å². The molecule has 0 aromatic heterocycles. The lowest BCUT2D eigenvalue weighted by molar-refractivity contribution is 0.0175. The fraction of sp³-hybridized carbons (Fsp3) is 0.458. The number of amides is 2. The van der Waals surface area contributed by atoms with Gasteiger partial charge in [-0.1, -0.05) is 6.92 Å². The van der Waals surface area contributed by atoms with E-state index in [0.717, 1.165) is 12.1 Å². The molecule has 3 atom stereocenters. The number of carbonyl (C=O) groups excluding carboxylic acids is 1. The number of hydrogen-bond donors (Lipinski definition) is 2. The third-order valence-electron chi connectivity index (χ3n) is 5.51. The number of aliphatic hydroxyl groups is 1. The molecule has 0 heterocycles. The lowest BCUT2D eigenvalue weighted by Crippen LogP contribution is -2.48. The van der Waals surface area contributed by atoms with E-state index in [1.54, 1.807) is 21.1 Å². The molecule has 0 spiro atoms. The molecule has 0 aliphatic rings. The summed E-state index contributed by atoms with van der Waals surface area (Å²) >= 11 is 0. The third-order valence-corrected chi connectivity index (χ3v) is 5.51. The zero-order valence-electron chi connectivity index (χ0n) is 19.4. The van der Waals surface area contributed by atoms with Crippen molar-refractivity contribution in [2.24, 2.45) is 5.92 Å². The molecule has 2 aromatic carbocycles. The average molecular weight is 468 g/mol. The van der Waals surface area contributed by atoms with Gasteiger partial charge in [-0.15, -0.1) is 0 Å². The Labute approximate surface area is 193 Å². The van der Waals surface area contributed by atoms with Crippen molar-refractivity contribution in [1.82, 2.24) is 9.80 Å². The summed E-state index contributed by atoms with van der Waals surface area (Å²) in [5, 5.41) is 12.4. The van der Waals surface area contributed by atoms with Crippen molar-refractivity contribution in [3.05, 3.63) is 65.5 Å². The Morgan fingerprint density at radius 2 is 1.70 bits per heavy atom. The first kappa shape index (κ1) is 26.6. The minimum absolute atomic E-state index is 0.150. The number of likely N-dealkylation sites (N-methyl/N-ethyl adjacent to an activating group) is 1. The van der Waals surface area contributed by atoms with Crippen LogP contribution >= 0.6 is 0 Å². The molecule has 0 saturated heterocycles. The maximum atomic E-state index is 14.0. The fourth-order valence-corrected chi connectivity index (χ4v) is 3.53. The zero-order chi connectivity index (χ0) is 24.5. The number of nitrogens with zero attached hydrogens (tertiary/aromatic N) is 2. The SMILES string of the molecule is CO[C@H](CN(C)Cc1cc(F)ccc1F)[C@H](C)CN(C(=O)Nc1ccc(F)cc1)[C@@H](C)CO. The topological polar surface area (TPSA) is 65.0 Å². The summed E-state index contributed by atoms with van der Waals surface area (Å²) in [4.78, 5) is 16.2. The summed E-state index contributed by atoms with van der Waals surface area (Å²) in [7, 11) is 3.33. The van der Waals surface area contributed by atoms with E-state index in [9.17, 15) is 23.1 Å². The highest BCUT2D eigenvalue weighted by Crippen LogP contribution is 2.17. The molecule has 0 fully saturated rings. The van der Waals surface area contributed by atoms with E-state index in [-0.39, 0.29) is 37.3 Å². The van der Waals surface area contributed by atoms with Crippen molar-refractivity contribution in [3.8, 4) is 0 Å². The van der Waals surface area contributed by atoms with Crippen LogP contribution in [0.25, 0.3) is 0 Å². The largest absolute Gasteiger partial charge is 0.394 e. The van der Waals surface area contributed by atoms with Crippen LogP contribution in [0.1, 0.15) is 19.4 Å². The number of benzene rings is 2. The van der Waals surface area contributed by atoms with Gasteiger partial charge in [0.25, 0.3) is 0 Å². The van der Waals surface area contributed by atoms with Crippen molar-refractivity contribution >= 4 is 11.7 Å². The summed E-state index contributed by atoms with van der Waals surface area (Å²) in [6.07, 6.45) is -0.321. The van der Waals surface area contributed by atoms with Crippen molar-refractivity contribution < 1.29 is 27.8 Å². The fourth-order valence-electron chi connectivity index (χ4n) is 3.53. The van der Waals surface area contributed by atoms with Gasteiger partial charge in [-0.05, 0) is 56.4 Å². The lowest BCUT2D eigenvalue weighted by Gasteiger charge is -2.34. The molecular formula is C24H32F3N3O3. The standard InChI is InChI=1S/C24H32F3N3O3/c1-16(23(33-4)14-29(3)13-18-11-20(26)7-10-22(18)27)12-30(17(2)15-31)24(32)28-21-8-5-19(25)6-9-21/h5-11,16-17,23,31H,12-15H2,1-4H3,(H,28,32)/t16-,17+,23-/m1/s1. The first-order valence-electron chi connectivity index (χ1n) is 10.7. The second kappa shape index (κ2) is 12.6. The van der Waals surface area contributed by atoms with Crippen LogP contribution in [-0.2, 0) is 11.3 Å². The van der Waals surface area contributed by atoms with Gasteiger partial charge in [-0.25, -0.2) is 18.0 Å². The Morgan fingerprint density at radius 3 is 2.30 bits per heavy atom. The minimum atomic E-state index is -0.503. The second-order valence-corrected chi connectivity index (χ2v) is 8.30. The Morgan fingerprint density at radius 1 is 1.06 bits per heavy atom. The van der Waals surface area contributed by atoms with Gasteiger partial charge >= 0.3 is 6.03 Å². The molecule has 0 bridgehead atoms. The number of methoxy groups -OCH3 is 1. The molecule has 0 saturated carbocycles. The Hall–Kier alpha value is -2.62. The first-order chi connectivity index (χ1) is 15.6. The predicted molar refractivity (Wildman–Crippen MR) is 121 cm³/mol. The van der Waals surface area contributed by atoms with E-state index < -0.39 is 29.5 Å². The van der Waals surface area contributed by atoms with Gasteiger partial charge in [0.15, 0.2) is 0 Å². The van der Waals surface area contributed by atoms with Crippen molar-refractivity contribution in [1.29, 1.82) is 0 Å². The first-order valence-corrected chi connectivity index (χ1v) is 10.7. The van der Waals surface area contributed by atoms with E-state index in [4.69, 9.17) is 4.74 Å². The van der Waals surface area contributed by atoms with E-state index >= 15 is 0 Å². The molecule has 0 radical (unpaired) electrons. The van der Waals surface area contributed by atoms with Crippen molar-refractivity contribution in [2.45, 2.75) is 32.5 Å². The summed E-state index contributed by atoms with van der Waals surface area (Å²) in [5.74, 6) is -1.54. The van der Waals surface area contributed by atoms with E-state index in [0.29, 0.717) is 12.2 Å². The molecule has 182 valence electrons. The molecule has 33 heavy (non-hydrogen) atoms. The molecule has 2 N–H and O–H groups in total. The van der Waals surface area contributed by atoms with Gasteiger partial charge in [0.05, 0.1) is 18.8 Å². The number of anilines is 1. The molecule has 0 aliphatic carbocycles. The van der Waals surface area contributed by atoms with Gasteiger partial charge in [0.2, 0.25) is 0 Å². The number of aliphatic hydroxyl groups excluding tert-OH is 1. The van der Waals surface area contributed by atoms with Crippen LogP contribution in [0.5, 0.6) is 0 Å². The molecule has 2 rings (SSSR count). The van der Waals surface area contributed by atoms with E-state index in [2.05, 4.69) is 5.32 Å². The monoisotopic (exact) mass is 467 g/mol. The predicted octanol–water partition coefficient (Wildman–Crippen LogP) is 4.10. The van der Waals surface area contributed by atoms with Crippen LogP contribution in [0.2, 0.25) is 0 Å². The summed E-state index contributed by atoms with van der Waals surface area (Å²) in [5.41, 5.74) is 0.679. The lowest BCUT2D eigenvalue weighted by atomic mass is 10.0. The number of ether oxygens (including phenoxy) is 1. The van der Waals surface area contributed by atoms with Gasteiger partial charge in [-0.3, -0.25) is 4.90 Å². The van der Waals surface area contributed by atoms with E-state index in [1.807, 2.05) is 11.8 Å². The zero-order valence-corrected chi connectivity index (χ0v) is 19.4. The molecule has 0 unspecified atom stereocenters. The number of carbonyl (C=O) groups is 1. The van der Waals surface area contributed by atoms with Crippen molar-refractivity contribution in [3.63, 3.8) is 0 Å². The van der Waals surface area contributed by atoms with Crippen molar-refractivity contribution in [2.75, 3.05) is 39.2 Å². The maximum Gasteiger partial charge on any atom is 0.322 e. The van der Waals surface area contributed by atoms with E-state index in [1.165, 1.54) is 35.2 Å². The number of nitrogens with one attached hydrogen (secondary N) is 1. The molecular weight excluding hydrogens is 435 g/mol. The second-order valence-electron chi connectivity index (χ2n) is 8.30. The molecule has 2 aromatic rings. The van der Waals surface area contributed by atoms with Gasteiger partial charge in [0.1, 0.15) is 17.5 Å². The van der Waals surface area contributed by atoms with Gasteiger partial charge < -0.3 is 20.1 Å². The highest BCUT2D eigenvalue weighted by molar-refractivity contribution is 5.89. The highest BCUT2D eigenvalue weighted by Gasteiger charge is 2.27. The summed E-state index contributed by atoms with van der Waals surface area (Å²) < 4.78 is 46.2. The van der Waals surface area contributed by atoms with Crippen LogP contribution in [0, 0.1) is 23.4 Å². The van der Waals surface area contributed by atoms with Crippen LogP contribution < -0.4 is 5.32 Å². The number of halogens is 3. The maximum absolute atomic E-state index is 14.0. The summed E-state index contributed by atoms with van der Waals surface area (Å²) in [6, 6.07) is 7.85. The van der Waals surface area contributed by atoms with Gasteiger partial charge in [0, 0.05) is 43.9 Å². The third kappa shape index (κ3) is 8.03.